The number of carbonyl (C=O) groups is 2. The Morgan fingerprint density at radius 1 is 1.11 bits per heavy atom. The van der Waals surface area contributed by atoms with Crippen LogP contribution >= 0.6 is 0 Å². The minimum absolute atomic E-state index is 0.101. The molecule has 0 heterocycles. The lowest BCUT2D eigenvalue weighted by Crippen LogP contribution is -2.31. The number of benzene rings is 2. The van der Waals surface area contributed by atoms with Crippen molar-refractivity contribution in [2.45, 2.75) is 40.5 Å². The molecule has 0 saturated heterocycles. The van der Waals surface area contributed by atoms with Crippen LogP contribution in [0, 0.1) is 19.3 Å². The molecule has 27 heavy (non-hydrogen) atoms. The van der Waals surface area contributed by atoms with E-state index >= 15 is 0 Å². The Kier molecular flexibility index (Phi) is 6.61. The number of anilines is 1. The number of nitrogens with one attached hydrogen (secondary N) is 1. The third kappa shape index (κ3) is 5.84. The SMILES string of the molecule is Cc1ccc(C)c(OCCCC(C)(C)C(=O)Nc2cccc(C(N)=O)c2)c1. The molecule has 144 valence electrons. The van der Waals surface area contributed by atoms with Gasteiger partial charge in [0.15, 0.2) is 0 Å². The minimum atomic E-state index is -0.562. The molecule has 0 saturated carbocycles. The molecule has 2 rings (SSSR count). The van der Waals surface area contributed by atoms with Gasteiger partial charge in [0.05, 0.1) is 6.61 Å². The molecular weight excluding hydrogens is 340 g/mol. The highest BCUT2D eigenvalue weighted by atomic mass is 16.5. The highest BCUT2D eigenvalue weighted by Gasteiger charge is 2.27. The topological polar surface area (TPSA) is 81.4 Å². The van der Waals surface area contributed by atoms with Crippen molar-refractivity contribution in [1.29, 1.82) is 0 Å². The summed E-state index contributed by atoms with van der Waals surface area (Å²) in [6.45, 7) is 8.41. The van der Waals surface area contributed by atoms with E-state index < -0.39 is 11.3 Å². The first-order valence-electron chi connectivity index (χ1n) is 9.10. The molecule has 2 aromatic rings. The molecule has 0 bridgehead atoms. The Morgan fingerprint density at radius 2 is 1.85 bits per heavy atom. The first-order chi connectivity index (χ1) is 12.7. The van der Waals surface area contributed by atoms with Gasteiger partial charge in [0, 0.05) is 16.7 Å². The van der Waals surface area contributed by atoms with E-state index in [2.05, 4.69) is 11.4 Å². The quantitative estimate of drug-likeness (QED) is 0.684. The normalized spacial score (nSPS) is 11.1. The summed E-state index contributed by atoms with van der Waals surface area (Å²) in [4.78, 5) is 23.9. The van der Waals surface area contributed by atoms with Crippen molar-refractivity contribution in [1.82, 2.24) is 0 Å². The summed E-state index contributed by atoms with van der Waals surface area (Å²) < 4.78 is 5.87. The predicted octanol–water partition coefficient (Wildman–Crippen LogP) is 4.23. The molecule has 3 N–H and O–H groups in total. The van der Waals surface area contributed by atoms with Crippen molar-refractivity contribution in [3.8, 4) is 5.75 Å². The zero-order chi connectivity index (χ0) is 20.0. The Hall–Kier alpha value is -2.82. The summed E-state index contributed by atoms with van der Waals surface area (Å²) in [6, 6.07) is 12.8. The van der Waals surface area contributed by atoms with E-state index in [0.29, 0.717) is 24.3 Å². The summed E-state index contributed by atoms with van der Waals surface area (Å²) >= 11 is 0. The predicted molar refractivity (Wildman–Crippen MR) is 108 cm³/mol. The maximum absolute atomic E-state index is 12.6. The van der Waals surface area contributed by atoms with Gasteiger partial charge < -0.3 is 15.8 Å². The van der Waals surface area contributed by atoms with E-state index in [0.717, 1.165) is 23.3 Å². The molecule has 2 amide bonds. The van der Waals surface area contributed by atoms with Gasteiger partial charge in [-0.2, -0.15) is 0 Å². The van der Waals surface area contributed by atoms with Crippen LogP contribution in [-0.2, 0) is 4.79 Å². The average Bonchev–Trinajstić information content (AvgIpc) is 2.61. The van der Waals surface area contributed by atoms with Gasteiger partial charge in [0.2, 0.25) is 11.8 Å². The lowest BCUT2D eigenvalue weighted by molar-refractivity contribution is -0.124. The summed E-state index contributed by atoms with van der Waals surface area (Å²) in [5.74, 6) is 0.269. The Bertz CT molecular complexity index is 828. The summed E-state index contributed by atoms with van der Waals surface area (Å²) in [7, 11) is 0. The number of ether oxygens (including phenoxy) is 1. The van der Waals surface area contributed by atoms with Gasteiger partial charge in [-0.1, -0.05) is 32.0 Å². The second-order valence-corrected chi connectivity index (χ2v) is 7.50. The highest BCUT2D eigenvalue weighted by molar-refractivity contribution is 5.97. The zero-order valence-electron chi connectivity index (χ0n) is 16.5. The number of amides is 2. The molecule has 5 heteroatoms. The molecule has 0 aliphatic heterocycles. The number of hydrogen-bond acceptors (Lipinski definition) is 3. The zero-order valence-corrected chi connectivity index (χ0v) is 16.5. The second kappa shape index (κ2) is 8.71. The van der Waals surface area contributed by atoms with Crippen molar-refractivity contribution in [3.05, 3.63) is 59.2 Å². The van der Waals surface area contributed by atoms with Gasteiger partial charge in [-0.3, -0.25) is 9.59 Å². The highest BCUT2D eigenvalue weighted by Crippen LogP contribution is 2.26. The van der Waals surface area contributed by atoms with E-state index in [-0.39, 0.29) is 5.91 Å². The molecule has 0 spiro atoms. The standard InChI is InChI=1S/C22H28N2O3/c1-15-9-10-16(2)19(13-15)27-12-6-11-22(3,4)21(26)24-18-8-5-7-17(14-18)20(23)25/h5,7-10,13-14H,6,11-12H2,1-4H3,(H2,23,25)(H,24,26). The fourth-order valence-corrected chi connectivity index (χ4v) is 2.72. The largest absolute Gasteiger partial charge is 0.493 e. The summed E-state index contributed by atoms with van der Waals surface area (Å²) in [6.07, 6.45) is 1.44. The minimum Gasteiger partial charge on any atom is -0.493 e. The van der Waals surface area contributed by atoms with Crippen LogP contribution in [0.4, 0.5) is 5.69 Å². The van der Waals surface area contributed by atoms with Crippen LogP contribution in [-0.4, -0.2) is 18.4 Å². The van der Waals surface area contributed by atoms with Gasteiger partial charge in [0.1, 0.15) is 5.75 Å². The Labute approximate surface area is 160 Å². The molecule has 2 aromatic carbocycles. The Morgan fingerprint density at radius 3 is 2.56 bits per heavy atom. The number of aryl methyl sites for hydroxylation is 2. The van der Waals surface area contributed by atoms with E-state index in [4.69, 9.17) is 10.5 Å². The van der Waals surface area contributed by atoms with Gasteiger partial charge in [0.25, 0.3) is 0 Å². The van der Waals surface area contributed by atoms with Crippen molar-refractivity contribution >= 4 is 17.5 Å². The molecule has 0 atom stereocenters. The van der Waals surface area contributed by atoms with Crippen LogP contribution in [0.1, 0.15) is 48.2 Å². The summed E-state index contributed by atoms with van der Waals surface area (Å²) in [5.41, 5.74) is 7.92. The fraction of sp³-hybridized carbons (Fsp3) is 0.364. The lowest BCUT2D eigenvalue weighted by Gasteiger charge is -2.24. The van der Waals surface area contributed by atoms with Crippen LogP contribution in [0.5, 0.6) is 5.75 Å². The maximum Gasteiger partial charge on any atom is 0.248 e. The smallest absolute Gasteiger partial charge is 0.248 e. The molecular formula is C22H28N2O3. The van der Waals surface area contributed by atoms with Crippen molar-refractivity contribution in [2.24, 2.45) is 11.1 Å². The lowest BCUT2D eigenvalue weighted by atomic mass is 9.87. The number of rotatable bonds is 8. The van der Waals surface area contributed by atoms with Crippen LogP contribution < -0.4 is 15.8 Å². The number of hydrogen-bond donors (Lipinski definition) is 2. The molecule has 0 aliphatic carbocycles. The first kappa shape index (κ1) is 20.5. The van der Waals surface area contributed by atoms with Crippen LogP contribution in [0.15, 0.2) is 42.5 Å². The van der Waals surface area contributed by atoms with Crippen molar-refractivity contribution < 1.29 is 14.3 Å². The van der Waals surface area contributed by atoms with Gasteiger partial charge in [-0.15, -0.1) is 0 Å². The van der Waals surface area contributed by atoms with E-state index in [1.807, 2.05) is 39.8 Å². The third-order valence-electron chi connectivity index (χ3n) is 4.57. The Balaban J connectivity index is 1.88. The van der Waals surface area contributed by atoms with Crippen LogP contribution in [0.25, 0.3) is 0 Å². The maximum atomic E-state index is 12.6. The molecule has 0 unspecified atom stereocenters. The molecule has 5 nitrogen and oxygen atoms in total. The van der Waals surface area contributed by atoms with Crippen LogP contribution in [0.2, 0.25) is 0 Å². The second-order valence-electron chi connectivity index (χ2n) is 7.50. The molecule has 0 aromatic heterocycles. The van der Waals surface area contributed by atoms with Gasteiger partial charge in [-0.25, -0.2) is 0 Å². The molecule has 0 aliphatic rings. The van der Waals surface area contributed by atoms with E-state index in [9.17, 15) is 9.59 Å². The average molecular weight is 368 g/mol. The van der Waals surface area contributed by atoms with Gasteiger partial charge in [-0.05, 0) is 62.1 Å². The molecule has 0 fully saturated rings. The number of carbonyl (C=O) groups excluding carboxylic acids is 2. The number of nitrogens with two attached hydrogens (primary N) is 1. The summed E-state index contributed by atoms with van der Waals surface area (Å²) in [5, 5.41) is 2.87. The third-order valence-corrected chi connectivity index (χ3v) is 4.57. The fourth-order valence-electron chi connectivity index (χ4n) is 2.72. The molecule has 0 radical (unpaired) electrons. The van der Waals surface area contributed by atoms with Crippen molar-refractivity contribution in [2.75, 3.05) is 11.9 Å². The van der Waals surface area contributed by atoms with E-state index in [1.54, 1.807) is 24.3 Å². The first-order valence-corrected chi connectivity index (χ1v) is 9.10. The monoisotopic (exact) mass is 368 g/mol. The van der Waals surface area contributed by atoms with Gasteiger partial charge >= 0.3 is 0 Å². The van der Waals surface area contributed by atoms with Crippen molar-refractivity contribution in [3.63, 3.8) is 0 Å². The number of primary amides is 1. The van der Waals surface area contributed by atoms with E-state index in [1.165, 1.54) is 0 Å². The van der Waals surface area contributed by atoms with Crippen LogP contribution in [0.3, 0.4) is 0 Å².